The Morgan fingerprint density at radius 2 is 1.69 bits per heavy atom. The van der Waals surface area contributed by atoms with Crippen LogP contribution in [-0.2, 0) is 9.53 Å². The predicted molar refractivity (Wildman–Crippen MR) is 133 cm³/mol. The molecule has 0 fully saturated rings. The second-order valence-electron chi connectivity index (χ2n) is 8.91. The van der Waals surface area contributed by atoms with E-state index in [2.05, 4.69) is 6.92 Å². The third-order valence-electron chi connectivity index (χ3n) is 6.81. The minimum absolute atomic E-state index is 0.0609. The fourth-order valence-electron chi connectivity index (χ4n) is 5.27. The van der Waals surface area contributed by atoms with Gasteiger partial charge < -0.3 is 28.8 Å². The Labute approximate surface area is 210 Å². The summed E-state index contributed by atoms with van der Waals surface area (Å²) < 4.78 is 28.0. The van der Waals surface area contributed by atoms with E-state index in [0.29, 0.717) is 29.4 Å². The molecule has 0 unspecified atom stereocenters. The molecule has 1 N–H and O–H groups in total. The number of aromatic hydroxyl groups is 1. The van der Waals surface area contributed by atoms with Gasteiger partial charge in [0.25, 0.3) is 0 Å². The Bertz CT molecular complexity index is 1270. The van der Waals surface area contributed by atoms with Crippen molar-refractivity contribution in [1.82, 2.24) is 0 Å². The number of benzene rings is 3. The van der Waals surface area contributed by atoms with Gasteiger partial charge in [0.1, 0.15) is 17.2 Å². The lowest BCUT2D eigenvalue weighted by atomic mass is 9.79. The molecule has 2 aliphatic rings. The van der Waals surface area contributed by atoms with Crippen molar-refractivity contribution in [2.45, 2.75) is 32.1 Å². The maximum atomic E-state index is 13.6. The molecule has 0 bridgehead atoms. The van der Waals surface area contributed by atoms with Crippen LogP contribution in [0.3, 0.4) is 0 Å². The van der Waals surface area contributed by atoms with E-state index in [1.54, 1.807) is 26.2 Å². The average molecular weight is 491 g/mol. The Kier molecular flexibility index (Phi) is 6.63. The topological polar surface area (TPSA) is 83.5 Å². The van der Waals surface area contributed by atoms with Gasteiger partial charge in [-0.15, -0.1) is 0 Å². The predicted octanol–water partition coefficient (Wildman–Crippen LogP) is 5.38. The molecule has 7 heteroatoms. The highest BCUT2D eigenvalue weighted by Gasteiger charge is 2.48. The molecular formula is C29H30O7. The highest BCUT2D eigenvalue weighted by Crippen LogP contribution is 2.56. The van der Waals surface area contributed by atoms with Gasteiger partial charge in [-0.2, -0.15) is 0 Å². The van der Waals surface area contributed by atoms with E-state index < -0.39 is 11.8 Å². The standard InChI is InChI=1S/C29H30O7/c1-4-12-34-19-8-9-20-22(14-19)27(21-10-7-18(32-3)15-23(21)30)28(29(31)33-5-2)26(20)17-6-11-24-25(13-17)36-16-35-24/h6-11,13-15,26-28,30H,4-5,12,16H2,1-3H3/t26-,27+,28-/m0/s1. The van der Waals surface area contributed by atoms with Crippen LogP contribution in [0.1, 0.15) is 54.4 Å². The van der Waals surface area contributed by atoms with Crippen molar-refractivity contribution in [1.29, 1.82) is 0 Å². The number of methoxy groups -OCH3 is 1. The number of carbonyl (C=O) groups excluding carboxylic acids is 1. The number of esters is 1. The number of ether oxygens (including phenoxy) is 5. The minimum atomic E-state index is -0.610. The first-order chi connectivity index (χ1) is 17.5. The van der Waals surface area contributed by atoms with Gasteiger partial charge in [-0.1, -0.05) is 25.1 Å². The van der Waals surface area contributed by atoms with E-state index in [0.717, 1.165) is 28.9 Å². The molecule has 3 aromatic carbocycles. The molecule has 1 aliphatic carbocycles. The molecular weight excluding hydrogens is 460 g/mol. The molecule has 0 aromatic heterocycles. The van der Waals surface area contributed by atoms with Crippen LogP contribution in [0.2, 0.25) is 0 Å². The third-order valence-corrected chi connectivity index (χ3v) is 6.81. The van der Waals surface area contributed by atoms with Gasteiger partial charge in [0, 0.05) is 23.5 Å². The van der Waals surface area contributed by atoms with Crippen LogP contribution in [0.4, 0.5) is 0 Å². The van der Waals surface area contributed by atoms with Gasteiger partial charge in [0.05, 0.1) is 26.2 Å². The van der Waals surface area contributed by atoms with Crippen LogP contribution in [0.15, 0.2) is 54.6 Å². The van der Waals surface area contributed by atoms with Crippen molar-refractivity contribution in [2.75, 3.05) is 27.1 Å². The summed E-state index contributed by atoms with van der Waals surface area (Å²) in [7, 11) is 1.55. The van der Waals surface area contributed by atoms with Crippen molar-refractivity contribution < 1.29 is 33.6 Å². The third kappa shape index (κ3) is 4.19. The van der Waals surface area contributed by atoms with Crippen molar-refractivity contribution in [3.63, 3.8) is 0 Å². The molecule has 3 aromatic rings. The molecule has 1 heterocycles. The zero-order valence-electron chi connectivity index (χ0n) is 20.7. The van der Waals surface area contributed by atoms with Gasteiger partial charge in [-0.25, -0.2) is 0 Å². The zero-order chi connectivity index (χ0) is 25.2. The van der Waals surface area contributed by atoms with Crippen LogP contribution >= 0.6 is 0 Å². The Balaban J connectivity index is 1.70. The molecule has 36 heavy (non-hydrogen) atoms. The van der Waals surface area contributed by atoms with E-state index in [9.17, 15) is 9.90 Å². The maximum Gasteiger partial charge on any atom is 0.310 e. The minimum Gasteiger partial charge on any atom is -0.508 e. The molecule has 5 rings (SSSR count). The second kappa shape index (κ2) is 10.0. The Hall–Kier alpha value is -3.87. The lowest BCUT2D eigenvalue weighted by molar-refractivity contribution is -0.148. The smallest absolute Gasteiger partial charge is 0.310 e. The van der Waals surface area contributed by atoms with Crippen molar-refractivity contribution in [3.05, 3.63) is 76.9 Å². The van der Waals surface area contributed by atoms with Crippen LogP contribution in [-0.4, -0.2) is 38.2 Å². The van der Waals surface area contributed by atoms with Gasteiger partial charge in [-0.05, 0) is 60.4 Å². The fourth-order valence-corrected chi connectivity index (χ4v) is 5.27. The number of hydrogen-bond acceptors (Lipinski definition) is 7. The van der Waals surface area contributed by atoms with Gasteiger partial charge >= 0.3 is 5.97 Å². The summed E-state index contributed by atoms with van der Waals surface area (Å²) in [6, 6.07) is 16.9. The van der Waals surface area contributed by atoms with E-state index in [-0.39, 0.29) is 31.0 Å². The van der Waals surface area contributed by atoms with Crippen LogP contribution < -0.4 is 18.9 Å². The fraction of sp³-hybridized carbons (Fsp3) is 0.345. The van der Waals surface area contributed by atoms with E-state index in [4.69, 9.17) is 23.7 Å². The van der Waals surface area contributed by atoms with Gasteiger partial charge in [-0.3, -0.25) is 4.79 Å². The lowest BCUT2D eigenvalue weighted by Gasteiger charge is -2.25. The monoisotopic (exact) mass is 490 g/mol. The average Bonchev–Trinajstić information content (AvgIpc) is 3.49. The molecule has 0 saturated heterocycles. The highest BCUT2D eigenvalue weighted by atomic mass is 16.7. The number of phenolic OH excluding ortho intramolecular Hbond substituents is 1. The number of hydrogen-bond donors (Lipinski definition) is 1. The normalized spacial score (nSPS) is 19.6. The summed E-state index contributed by atoms with van der Waals surface area (Å²) in [6.07, 6.45) is 0.880. The number of phenols is 1. The number of fused-ring (bicyclic) bond motifs is 2. The quantitative estimate of drug-likeness (QED) is 0.425. The van der Waals surface area contributed by atoms with E-state index in [1.165, 1.54) is 0 Å². The van der Waals surface area contributed by atoms with Crippen LogP contribution in [0.5, 0.6) is 28.7 Å². The van der Waals surface area contributed by atoms with Gasteiger partial charge in [0.2, 0.25) is 6.79 Å². The SMILES string of the molecule is CCCOc1ccc2c(c1)[C@@H](c1ccc(OC)cc1O)[C@@H](C(=O)OCC)[C@H]2c1ccc2c(c1)OCO2. The first-order valence-corrected chi connectivity index (χ1v) is 12.2. The molecule has 0 saturated carbocycles. The molecule has 1 aliphatic heterocycles. The summed E-state index contributed by atoms with van der Waals surface area (Å²) in [5.74, 6) is 0.940. The Morgan fingerprint density at radius 1 is 0.917 bits per heavy atom. The first-order valence-electron chi connectivity index (χ1n) is 12.2. The van der Waals surface area contributed by atoms with Crippen molar-refractivity contribution in [3.8, 4) is 28.7 Å². The summed E-state index contributed by atoms with van der Waals surface area (Å²) in [5.41, 5.74) is 3.45. The van der Waals surface area contributed by atoms with E-state index >= 15 is 0 Å². The largest absolute Gasteiger partial charge is 0.508 e. The molecule has 3 atom stereocenters. The zero-order valence-corrected chi connectivity index (χ0v) is 20.7. The van der Waals surface area contributed by atoms with Crippen LogP contribution in [0.25, 0.3) is 0 Å². The summed E-state index contributed by atoms with van der Waals surface area (Å²) in [6.45, 7) is 4.86. The molecule has 0 radical (unpaired) electrons. The Morgan fingerprint density at radius 3 is 2.44 bits per heavy atom. The van der Waals surface area contributed by atoms with Gasteiger partial charge in [0.15, 0.2) is 11.5 Å². The maximum absolute atomic E-state index is 13.6. The molecule has 0 spiro atoms. The van der Waals surface area contributed by atoms with Crippen molar-refractivity contribution in [2.24, 2.45) is 5.92 Å². The van der Waals surface area contributed by atoms with Crippen molar-refractivity contribution >= 4 is 5.97 Å². The number of rotatable bonds is 8. The molecule has 7 nitrogen and oxygen atoms in total. The van der Waals surface area contributed by atoms with Crippen LogP contribution in [0, 0.1) is 5.92 Å². The lowest BCUT2D eigenvalue weighted by Crippen LogP contribution is -2.26. The van der Waals surface area contributed by atoms with E-state index in [1.807, 2.05) is 42.5 Å². The molecule has 0 amide bonds. The first kappa shape index (κ1) is 23.9. The molecule has 188 valence electrons. The summed E-state index contributed by atoms with van der Waals surface area (Å²) in [4.78, 5) is 13.6. The summed E-state index contributed by atoms with van der Waals surface area (Å²) >= 11 is 0. The summed E-state index contributed by atoms with van der Waals surface area (Å²) in [5, 5.41) is 11.0. The number of carbonyl (C=O) groups is 1. The second-order valence-corrected chi connectivity index (χ2v) is 8.91. The highest BCUT2D eigenvalue weighted by molar-refractivity contribution is 5.80.